The first-order valence-electron chi connectivity index (χ1n) is 7.62. The van der Waals surface area contributed by atoms with E-state index in [1.165, 1.54) is 35.5 Å². The molecule has 0 aliphatic carbocycles. The highest BCUT2D eigenvalue weighted by atomic mass is 16.6. The first kappa shape index (κ1) is 17.5. The van der Waals surface area contributed by atoms with Crippen molar-refractivity contribution in [2.24, 2.45) is 5.73 Å². The van der Waals surface area contributed by atoms with Crippen molar-refractivity contribution in [3.63, 3.8) is 0 Å². The first-order chi connectivity index (χ1) is 11.5. The molecule has 24 heavy (non-hydrogen) atoms. The van der Waals surface area contributed by atoms with Gasteiger partial charge in [0.2, 0.25) is 0 Å². The SMILES string of the molecule is CCC(CC)(CN)NC(=O)c1ccc(-n2cncn2)c([N+](=O)[O-])c1. The summed E-state index contributed by atoms with van der Waals surface area (Å²) in [6.45, 7) is 4.17. The molecule has 0 spiro atoms. The van der Waals surface area contributed by atoms with Crippen LogP contribution < -0.4 is 11.1 Å². The minimum absolute atomic E-state index is 0.199. The molecule has 3 N–H and O–H groups in total. The van der Waals surface area contributed by atoms with E-state index in [1.54, 1.807) is 0 Å². The summed E-state index contributed by atoms with van der Waals surface area (Å²) < 4.78 is 1.28. The minimum atomic E-state index is -0.552. The molecule has 1 aromatic heterocycles. The average molecular weight is 332 g/mol. The Hall–Kier alpha value is -2.81. The lowest BCUT2D eigenvalue weighted by atomic mass is 9.92. The number of benzene rings is 1. The standard InChI is InChI=1S/C15H20N6O3/c1-3-15(4-2,8-16)19-14(22)11-5-6-12(13(7-11)21(23)24)20-10-17-9-18-20/h5-7,9-10H,3-4,8,16H2,1-2H3,(H,19,22). The highest BCUT2D eigenvalue weighted by Crippen LogP contribution is 2.24. The van der Waals surface area contributed by atoms with E-state index in [0.29, 0.717) is 19.4 Å². The molecular formula is C15H20N6O3. The van der Waals surface area contributed by atoms with Crippen LogP contribution in [0.15, 0.2) is 30.9 Å². The van der Waals surface area contributed by atoms with Gasteiger partial charge in [-0.1, -0.05) is 13.8 Å². The zero-order valence-electron chi connectivity index (χ0n) is 13.6. The number of hydrogen-bond acceptors (Lipinski definition) is 6. The van der Waals surface area contributed by atoms with Crippen LogP contribution in [0, 0.1) is 10.1 Å². The highest BCUT2D eigenvalue weighted by Gasteiger charge is 2.28. The monoisotopic (exact) mass is 332 g/mol. The topological polar surface area (TPSA) is 129 Å². The fourth-order valence-corrected chi connectivity index (χ4v) is 2.42. The molecule has 1 heterocycles. The van der Waals surface area contributed by atoms with E-state index in [0.717, 1.165) is 0 Å². The fourth-order valence-electron chi connectivity index (χ4n) is 2.42. The number of nitro groups is 1. The van der Waals surface area contributed by atoms with Gasteiger partial charge in [0.1, 0.15) is 18.3 Å². The molecule has 1 aromatic carbocycles. The first-order valence-corrected chi connectivity index (χ1v) is 7.62. The number of nitrogens with zero attached hydrogens (tertiary/aromatic N) is 4. The predicted octanol–water partition coefficient (Wildman–Crippen LogP) is 1.42. The minimum Gasteiger partial charge on any atom is -0.345 e. The zero-order valence-corrected chi connectivity index (χ0v) is 13.6. The summed E-state index contributed by atoms with van der Waals surface area (Å²) in [5, 5.41) is 18.1. The number of nitrogens with one attached hydrogen (secondary N) is 1. The van der Waals surface area contributed by atoms with E-state index in [2.05, 4.69) is 15.4 Å². The van der Waals surface area contributed by atoms with Crippen molar-refractivity contribution in [1.29, 1.82) is 0 Å². The normalized spacial score (nSPS) is 11.3. The molecule has 0 aliphatic heterocycles. The van der Waals surface area contributed by atoms with Crippen LogP contribution in [-0.2, 0) is 0 Å². The smallest absolute Gasteiger partial charge is 0.295 e. The third-order valence-corrected chi connectivity index (χ3v) is 4.22. The van der Waals surface area contributed by atoms with Crippen LogP contribution in [0.2, 0.25) is 0 Å². The number of nitrogens with two attached hydrogens (primary N) is 1. The Balaban J connectivity index is 2.37. The maximum Gasteiger partial charge on any atom is 0.295 e. The summed E-state index contributed by atoms with van der Waals surface area (Å²) in [5.41, 5.74) is 5.48. The van der Waals surface area contributed by atoms with Crippen molar-refractivity contribution in [3.8, 4) is 5.69 Å². The molecule has 1 amide bonds. The molecule has 0 fully saturated rings. The molecule has 2 rings (SSSR count). The van der Waals surface area contributed by atoms with Crippen LogP contribution in [0.3, 0.4) is 0 Å². The predicted molar refractivity (Wildman–Crippen MR) is 87.8 cm³/mol. The number of rotatable bonds is 7. The molecule has 0 unspecified atom stereocenters. The molecule has 0 radical (unpaired) electrons. The zero-order chi connectivity index (χ0) is 17.7. The Morgan fingerprint density at radius 1 is 1.42 bits per heavy atom. The summed E-state index contributed by atoms with van der Waals surface area (Å²) in [7, 11) is 0. The van der Waals surface area contributed by atoms with Gasteiger partial charge in [-0.2, -0.15) is 5.10 Å². The van der Waals surface area contributed by atoms with Gasteiger partial charge >= 0.3 is 0 Å². The summed E-state index contributed by atoms with van der Waals surface area (Å²) in [5.74, 6) is -0.391. The maximum absolute atomic E-state index is 12.5. The lowest BCUT2D eigenvalue weighted by Gasteiger charge is -2.31. The lowest BCUT2D eigenvalue weighted by molar-refractivity contribution is -0.384. The van der Waals surface area contributed by atoms with Gasteiger partial charge in [-0.05, 0) is 25.0 Å². The van der Waals surface area contributed by atoms with E-state index < -0.39 is 16.4 Å². The number of nitro benzene ring substituents is 1. The summed E-state index contributed by atoms with van der Waals surface area (Å²) >= 11 is 0. The van der Waals surface area contributed by atoms with Gasteiger partial charge < -0.3 is 11.1 Å². The van der Waals surface area contributed by atoms with Crippen LogP contribution in [0.1, 0.15) is 37.0 Å². The van der Waals surface area contributed by atoms with Crippen molar-refractivity contribution in [2.45, 2.75) is 32.2 Å². The molecule has 0 saturated carbocycles. The van der Waals surface area contributed by atoms with E-state index in [-0.39, 0.29) is 16.9 Å². The lowest BCUT2D eigenvalue weighted by Crippen LogP contribution is -2.52. The Kier molecular flexibility index (Phi) is 5.24. The second-order valence-corrected chi connectivity index (χ2v) is 5.45. The number of carbonyl (C=O) groups is 1. The quantitative estimate of drug-likeness (QED) is 0.583. The number of hydrogen-bond donors (Lipinski definition) is 2. The molecule has 128 valence electrons. The average Bonchev–Trinajstić information content (AvgIpc) is 3.13. The van der Waals surface area contributed by atoms with Crippen molar-refractivity contribution in [3.05, 3.63) is 46.5 Å². The summed E-state index contributed by atoms with van der Waals surface area (Å²) in [6.07, 6.45) is 3.98. The molecule has 0 saturated heterocycles. The highest BCUT2D eigenvalue weighted by molar-refractivity contribution is 5.95. The third kappa shape index (κ3) is 3.40. The van der Waals surface area contributed by atoms with Gasteiger partial charge in [0.25, 0.3) is 11.6 Å². The number of aromatic nitrogens is 3. The Morgan fingerprint density at radius 3 is 2.62 bits per heavy atom. The molecule has 0 atom stereocenters. The maximum atomic E-state index is 12.5. The van der Waals surface area contributed by atoms with Crippen LogP contribution in [0.4, 0.5) is 5.69 Å². The second-order valence-electron chi connectivity index (χ2n) is 5.45. The molecular weight excluding hydrogens is 312 g/mol. The van der Waals surface area contributed by atoms with Crippen molar-refractivity contribution in [1.82, 2.24) is 20.1 Å². The van der Waals surface area contributed by atoms with Gasteiger partial charge in [-0.25, -0.2) is 9.67 Å². The van der Waals surface area contributed by atoms with Gasteiger partial charge in [0.15, 0.2) is 0 Å². The van der Waals surface area contributed by atoms with E-state index in [1.807, 2.05) is 13.8 Å². The Bertz CT molecular complexity index is 717. The van der Waals surface area contributed by atoms with Gasteiger partial charge in [-0.3, -0.25) is 14.9 Å². The molecule has 9 heteroatoms. The van der Waals surface area contributed by atoms with Crippen LogP contribution in [-0.4, -0.2) is 37.7 Å². The number of amides is 1. The van der Waals surface area contributed by atoms with Crippen molar-refractivity contribution >= 4 is 11.6 Å². The van der Waals surface area contributed by atoms with Crippen molar-refractivity contribution < 1.29 is 9.72 Å². The fraction of sp³-hybridized carbons (Fsp3) is 0.400. The van der Waals surface area contributed by atoms with Gasteiger partial charge in [-0.15, -0.1) is 0 Å². The largest absolute Gasteiger partial charge is 0.345 e. The van der Waals surface area contributed by atoms with Crippen LogP contribution in [0.25, 0.3) is 5.69 Å². The van der Waals surface area contributed by atoms with E-state index in [4.69, 9.17) is 5.73 Å². The molecule has 0 aliphatic rings. The molecule has 9 nitrogen and oxygen atoms in total. The van der Waals surface area contributed by atoms with E-state index >= 15 is 0 Å². The third-order valence-electron chi connectivity index (χ3n) is 4.22. The van der Waals surface area contributed by atoms with Crippen LogP contribution >= 0.6 is 0 Å². The number of carbonyl (C=O) groups excluding carboxylic acids is 1. The Labute approximate surface area is 139 Å². The second kappa shape index (κ2) is 7.18. The van der Waals surface area contributed by atoms with Crippen LogP contribution in [0.5, 0.6) is 0 Å². The van der Waals surface area contributed by atoms with Crippen molar-refractivity contribution in [2.75, 3.05) is 6.54 Å². The van der Waals surface area contributed by atoms with Gasteiger partial charge in [0, 0.05) is 18.2 Å². The van der Waals surface area contributed by atoms with Gasteiger partial charge in [0.05, 0.1) is 10.5 Å². The molecule has 0 bridgehead atoms. The molecule has 2 aromatic rings. The Morgan fingerprint density at radius 2 is 2.12 bits per heavy atom. The van der Waals surface area contributed by atoms with E-state index in [9.17, 15) is 14.9 Å². The summed E-state index contributed by atoms with van der Waals surface area (Å²) in [4.78, 5) is 27.0. The summed E-state index contributed by atoms with van der Waals surface area (Å²) in [6, 6.07) is 4.23.